The van der Waals surface area contributed by atoms with E-state index in [4.69, 9.17) is 19.9 Å². The fourth-order valence-electron chi connectivity index (χ4n) is 3.28. The highest BCUT2D eigenvalue weighted by Gasteiger charge is 2.31. The maximum absolute atomic E-state index is 5.98. The number of hydrogen-bond donors (Lipinski definition) is 1. The number of methoxy groups -OCH3 is 1. The first kappa shape index (κ1) is 13.7. The second kappa shape index (κ2) is 5.62. The smallest absolute Gasteiger partial charge is 0.125 e. The van der Waals surface area contributed by atoms with E-state index in [2.05, 4.69) is 19.1 Å². The number of hydrogen-bond acceptors (Lipinski definition) is 4. The van der Waals surface area contributed by atoms with Gasteiger partial charge in [0.15, 0.2) is 0 Å². The SMILES string of the molecule is COc1cc2c(cc1C1OCCCC1CN)OC(C)C2. The molecule has 0 bridgehead atoms. The molecule has 4 heteroatoms. The molecule has 0 aromatic heterocycles. The van der Waals surface area contributed by atoms with Crippen LogP contribution < -0.4 is 15.2 Å². The molecule has 1 saturated heterocycles. The number of ether oxygens (including phenoxy) is 3. The molecule has 2 aliphatic rings. The van der Waals surface area contributed by atoms with Crippen LogP contribution in [0.25, 0.3) is 0 Å². The zero-order valence-electron chi connectivity index (χ0n) is 12.2. The van der Waals surface area contributed by atoms with Crippen LogP contribution in [0.2, 0.25) is 0 Å². The zero-order chi connectivity index (χ0) is 14.1. The summed E-state index contributed by atoms with van der Waals surface area (Å²) in [5.74, 6) is 2.22. The monoisotopic (exact) mass is 277 g/mol. The average molecular weight is 277 g/mol. The molecule has 1 fully saturated rings. The first-order valence-electron chi connectivity index (χ1n) is 7.42. The van der Waals surface area contributed by atoms with Crippen molar-refractivity contribution < 1.29 is 14.2 Å². The molecule has 1 aromatic rings. The minimum Gasteiger partial charge on any atom is -0.496 e. The molecule has 3 atom stereocenters. The lowest BCUT2D eigenvalue weighted by molar-refractivity contribution is -0.0264. The van der Waals surface area contributed by atoms with Gasteiger partial charge in [-0.05, 0) is 38.4 Å². The first-order valence-corrected chi connectivity index (χ1v) is 7.42. The van der Waals surface area contributed by atoms with Gasteiger partial charge in [-0.2, -0.15) is 0 Å². The van der Waals surface area contributed by atoms with Gasteiger partial charge >= 0.3 is 0 Å². The van der Waals surface area contributed by atoms with Gasteiger partial charge < -0.3 is 19.9 Å². The van der Waals surface area contributed by atoms with Crippen LogP contribution in [0.15, 0.2) is 12.1 Å². The van der Waals surface area contributed by atoms with Crippen LogP contribution in [-0.2, 0) is 11.2 Å². The van der Waals surface area contributed by atoms with E-state index in [9.17, 15) is 0 Å². The molecule has 0 spiro atoms. The van der Waals surface area contributed by atoms with Crippen LogP contribution in [0.5, 0.6) is 11.5 Å². The summed E-state index contributed by atoms with van der Waals surface area (Å²) in [6, 6.07) is 4.19. The molecule has 110 valence electrons. The Morgan fingerprint density at radius 1 is 1.40 bits per heavy atom. The van der Waals surface area contributed by atoms with Crippen molar-refractivity contribution in [2.75, 3.05) is 20.3 Å². The van der Waals surface area contributed by atoms with Crippen LogP contribution in [0.3, 0.4) is 0 Å². The summed E-state index contributed by atoms with van der Waals surface area (Å²) in [6.07, 6.45) is 3.39. The molecule has 1 aromatic carbocycles. The van der Waals surface area contributed by atoms with E-state index in [0.29, 0.717) is 12.5 Å². The molecule has 2 heterocycles. The van der Waals surface area contributed by atoms with Crippen LogP contribution >= 0.6 is 0 Å². The van der Waals surface area contributed by atoms with Crippen LogP contribution in [0, 0.1) is 5.92 Å². The third kappa shape index (κ3) is 2.38. The van der Waals surface area contributed by atoms with E-state index in [1.165, 1.54) is 5.56 Å². The Labute approximate surface area is 120 Å². The summed E-state index contributed by atoms with van der Waals surface area (Å²) in [7, 11) is 1.71. The summed E-state index contributed by atoms with van der Waals surface area (Å²) in [5, 5.41) is 0. The van der Waals surface area contributed by atoms with Gasteiger partial charge in [-0.25, -0.2) is 0 Å². The molecule has 0 aliphatic carbocycles. The van der Waals surface area contributed by atoms with Gasteiger partial charge in [0, 0.05) is 30.1 Å². The Bertz CT molecular complexity index is 489. The second-order valence-electron chi connectivity index (χ2n) is 5.76. The lowest BCUT2D eigenvalue weighted by Crippen LogP contribution is -2.29. The normalized spacial score (nSPS) is 28.9. The predicted molar refractivity (Wildman–Crippen MR) is 77.3 cm³/mol. The summed E-state index contributed by atoms with van der Waals surface area (Å²) >= 11 is 0. The van der Waals surface area contributed by atoms with Crippen molar-refractivity contribution in [1.29, 1.82) is 0 Å². The molecule has 3 rings (SSSR count). The molecule has 0 amide bonds. The van der Waals surface area contributed by atoms with Gasteiger partial charge in [0.1, 0.15) is 17.6 Å². The van der Waals surface area contributed by atoms with Crippen molar-refractivity contribution in [1.82, 2.24) is 0 Å². The van der Waals surface area contributed by atoms with Crippen molar-refractivity contribution in [3.05, 3.63) is 23.3 Å². The fraction of sp³-hybridized carbons (Fsp3) is 0.625. The Kier molecular flexibility index (Phi) is 3.85. The van der Waals surface area contributed by atoms with E-state index in [1.807, 2.05) is 0 Å². The highest BCUT2D eigenvalue weighted by molar-refractivity contribution is 5.49. The minimum absolute atomic E-state index is 0.0218. The van der Waals surface area contributed by atoms with E-state index < -0.39 is 0 Å². The average Bonchev–Trinajstić information content (AvgIpc) is 2.84. The van der Waals surface area contributed by atoms with Gasteiger partial charge in [0.05, 0.1) is 13.2 Å². The Morgan fingerprint density at radius 2 is 2.25 bits per heavy atom. The maximum Gasteiger partial charge on any atom is 0.125 e. The van der Waals surface area contributed by atoms with E-state index in [0.717, 1.165) is 42.9 Å². The third-order valence-corrected chi connectivity index (χ3v) is 4.30. The minimum atomic E-state index is 0.0218. The van der Waals surface area contributed by atoms with Gasteiger partial charge in [-0.1, -0.05) is 0 Å². The van der Waals surface area contributed by atoms with Crippen molar-refractivity contribution >= 4 is 0 Å². The van der Waals surface area contributed by atoms with Crippen molar-refractivity contribution in [3.63, 3.8) is 0 Å². The van der Waals surface area contributed by atoms with Crippen molar-refractivity contribution in [2.24, 2.45) is 11.7 Å². The van der Waals surface area contributed by atoms with Crippen LogP contribution in [-0.4, -0.2) is 26.4 Å². The molecular formula is C16H23NO3. The molecule has 0 saturated carbocycles. The van der Waals surface area contributed by atoms with Crippen LogP contribution in [0.1, 0.15) is 37.0 Å². The van der Waals surface area contributed by atoms with Gasteiger partial charge in [0.25, 0.3) is 0 Å². The first-order chi connectivity index (χ1) is 9.72. The predicted octanol–water partition coefficient (Wildman–Crippen LogP) is 2.45. The Hall–Kier alpha value is -1.26. The summed E-state index contributed by atoms with van der Waals surface area (Å²) in [5.41, 5.74) is 8.21. The lowest BCUT2D eigenvalue weighted by atomic mass is 9.88. The van der Waals surface area contributed by atoms with Crippen LogP contribution in [0.4, 0.5) is 0 Å². The van der Waals surface area contributed by atoms with E-state index in [-0.39, 0.29) is 12.2 Å². The number of benzene rings is 1. The standard InChI is InChI=1S/C16H23NO3/c1-10-6-12-7-15(18-2)13(8-14(12)20-10)16-11(9-17)4-3-5-19-16/h7-8,10-11,16H,3-6,9,17H2,1-2H3. The summed E-state index contributed by atoms with van der Waals surface area (Å²) in [6.45, 7) is 3.52. The number of rotatable bonds is 3. The largest absolute Gasteiger partial charge is 0.496 e. The highest BCUT2D eigenvalue weighted by Crippen LogP contribution is 2.42. The lowest BCUT2D eigenvalue weighted by Gasteiger charge is -2.32. The van der Waals surface area contributed by atoms with E-state index in [1.54, 1.807) is 7.11 Å². The number of nitrogens with two attached hydrogens (primary N) is 1. The molecule has 2 aliphatic heterocycles. The van der Waals surface area contributed by atoms with Crippen molar-refractivity contribution in [2.45, 2.75) is 38.4 Å². The molecule has 0 radical (unpaired) electrons. The quantitative estimate of drug-likeness (QED) is 0.922. The summed E-state index contributed by atoms with van der Waals surface area (Å²) < 4.78 is 17.4. The zero-order valence-corrected chi connectivity index (χ0v) is 12.2. The topological polar surface area (TPSA) is 53.7 Å². The third-order valence-electron chi connectivity index (χ3n) is 4.30. The summed E-state index contributed by atoms with van der Waals surface area (Å²) in [4.78, 5) is 0. The van der Waals surface area contributed by atoms with Gasteiger partial charge in [-0.15, -0.1) is 0 Å². The van der Waals surface area contributed by atoms with Crippen molar-refractivity contribution in [3.8, 4) is 11.5 Å². The molecule has 4 nitrogen and oxygen atoms in total. The molecule has 20 heavy (non-hydrogen) atoms. The fourth-order valence-corrected chi connectivity index (χ4v) is 3.28. The van der Waals surface area contributed by atoms with Gasteiger partial charge in [0.2, 0.25) is 0 Å². The molecular weight excluding hydrogens is 254 g/mol. The maximum atomic E-state index is 5.98. The molecule has 3 unspecified atom stereocenters. The number of fused-ring (bicyclic) bond motifs is 1. The highest BCUT2D eigenvalue weighted by atomic mass is 16.5. The van der Waals surface area contributed by atoms with Gasteiger partial charge in [-0.3, -0.25) is 0 Å². The Balaban J connectivity index is 1.97. The van der Waals surface area contributed by atoms with E-state index >= 15 is 0 Å². The molecule has 2 N–H and O–H groups in total. The Morgan fingerprint density at radius 3 is 3.00 bits per heavy atom. The second-order valence-corrected chi connectivity index (χ2v) is 5.76.